The monoisotopic (exact) mass is 290 g/mol. The molecule has 1 aromatic carbocycles. The number of ketones is 1. The smallest absolute Gasteiger partial charge is 0.319 e. The first-order chi connectivity index (χ1) is 10.1. The number of aliphatic hydroxyl groups is 1. The van der Waals surface area contributed by atoms with E-state index in [0.29, 0.717) is 11.3 Å². The van der Waals surface area contributed by atoms with E-state index in [4.69, 9.17) is 0 Å². The molecule has 0 spiro atoms. The van der Waals surface area contributed by atoms with Crippen molar-refractivity contribution in [3.05, 3.63) is 29.8 Å². The van der Waals surface area contributed by atoms with Crippen LogP contribution >= 0.6 is 0 Å². The number of carbonyl (C=O) groups excluding carboxylic acids is 2. The van der Waals surface area contributed by atoms with Gasteiger partial charge in [-0.3, -0.25) is 4.79 Å². The SMILES string of the molecule is CC(=O)c1ccc(NC(=O)NC2CCCCCC2O)cc1. The lowest BCUT2D eigenvalue weighted by Crippen LogP contribution is -2.44. The molecule has 5 nitrogen and oxygen atoms in total. The Morgan fingerprint density at radius 3 is 2.43 bits per heavy atom. The Morgan fingerprint density at radius 1 is 1.10 bits per heavy atom. The molecule has 114 valence electrons. The van der Waals surface area contributed by atoms with E-state index in [0.717, 1.165) is 32.1 Å². The molecular weight excluding hydrogens is 268 g/mol. The van der Waals surface area contributed by atoms with Crippen LogP contribution in [0.3, 0.4) is 0 Å². The van der Waals surface area contributed by atoms with Gasteiger partial charge in [0.2, 0.25) is 0 Å². The van der Waals surface area contributed by atoms with Crippen LogP contribution in [0.5, 0.6) is 0 Å². The molecule has 2 amide bonds. The lowest BCUT2D eigenvalue weighted by Gasteiger charge is -2.22. The Hall–Kier alpha value is -1.88. The van der Waals surface area contributed by atoms with Gasteiger partial charge in [-0.15, -0.1) is 0 Å². The first-order valence-corrected chi connectivity index (χ1v) is 7.43. The van der Waals surface area contributed by atoms with Gasteiger partial charge in [-0.05, 0) is 44.0 Å². The van der Waals surface area contributed by atoms with Gasteiger partial charge in [-0.25, -0.2) is 4.79 Å². The average Bonchev–Trinajstić information content (AvgIpc) is 2.65. The number of Topliss-reactive ketones (excluding diaryl/α,β-unsaturated/α-hetero) is 1. The standard InChI is InChI=1S/C16H22N2O3/c1-11(19)12-7-9-13(10-8-12)17-16(21)18-14-5-3-2-4-6-15(14)20/h7-10,14-15,20H,2-6H2,1H3,(H2,17,18,21). The second-order valence-electron chi connectivity index (χ2n) is 5.54. The van der Waals surface area contributed by atoms with E-state index in [-0.39, 0.29) is 17.9 Å². The highest BCUT2D eigenvalue weighted by Crippen LogP contribution is 2.18. The largest absolute Gasteiger partial charge is 0.391 e. The summed E-state index contributed by atoms with van der Waals surface area (Å²) in [4.78, 5) is 23.1. The first-order valence-electron chi connectivity index (χ1n) is 7.43. The normalized spacial score (nSPS) is 22.2. The third kappa shape index (κ3) is 4.56. The third-order valence-corrected chi connectivity index (χ3v) is 3.85. The lowest BCUT2D eigenvalue weighted by atomic mass is 10.1. The van der Waals surface area contributed by atoms with E-state index >= 15 is 0 Å². The molecule has 1 aromatic rings. The topological polar surface area (TPSA) is 78.4 Å². The number of amides is 2. The van der Waals surface area contributed by atoms with Crippen LogP contribution < -0.4 is 10.6 Å². The van der Waals surface area contributed by atoms with Crippen LogP contribution in [-0.4, -0.2) is 29.1 Å². The van der Waals surface area contributed by atoms with Crippen LogP contribution in [0.25, 0.3) is 0 Å². The van der Waals surface area contributed by atoms with Crippen molar-refractivity contribution in [3.63, 3.8) is 0 Å². The summed E-state index contributed by atoms with van der Waals surface area (Å²) in [6, 6.07) is 6.23. The van der Waals surface area contributed by atoms with Gasteiger partial charge in [0, 0.05) is 11.3 Å². The molecule has 2 atom stereocenters. The van der Waals surface area contributed by atoms with Gasteiger partial charge in [0.1, 0.15) is 0 Å². The number of benzene rings is 1. The molecule has 1 aliphatic carbocycles. The Morgan fingerprint density at radius 2 is 1.76 bits per heavy atom. The van der Waals surface area contributed by atoms with E-state index in [1.807, 2.05) is 0 Å². The lowest BCUT2D eigenvalue weighted by molar-refractivity contribution is 0.101. The highest BCUT2D eigenvalue weighted by atomic mass is 16.3. The van der Waals surface area contributed by atoms with E-state index in [2.05, 4.69) is 10.6 Å². The molecule has 0 aliphatic heterocycles. The molecule has 0 saturated heterocycles. The van der Waals surface area contributed by atoms with Crippen molar-refractivity contribution < 1.29 is 14.7 Å². The molecule has 5 heteroatoms. The van der Waals surface area contributed by atoms with Gasteiger partial charge in [-0.2, -0.15) is 0 Å². The maximum Gasteiger partial charge on any atom is 0.319 e. The number of carbonyl (C=O) groups is 2. The van der Waals surface area contributed by atoms with E-state index < -0.39 is 6.10 Å². The van der Waals surface area contributed by atoms with Crippen molar-refractivity contribution in [1.29, 1.82) is 0 Å². The molecule has 0 aromatic heterocycles. The number of hydrogen-bond donors (Lipinski definition) is 3. The highest BCUT2D eigenvalue weighted by Gasteiger charge is 2.23. The van der Waals surface area contributed by atoms with Gasteiger partial charge in [0.25, 0.3) is 0 Å². The zero-order chi connectivity index (χ0) is 15.2. The van der Waals surface area contributed by atoms with Crippen molar-refractivity contribution in [3.8, 4) is 0 Å². The van der Waals surface area contributed by atoms with Gasteiger partial charge < -0.3 is 15.7 Å². The number of nitrogens with one attached hydrogen (secondary N) is 2. The fraction of sp³-hybridized carbons (Fsp3) is 0.500. The minimum absolute atomic E-state index is 0.00687. The number of rotatable bonds is 3. The molecule has 3 N–H and O–H groups in total. The molecular formula is C16H22N2O3. The van der Waals surface area contributed by atoms with Crippen molar-refractivity contribution in [2.45, 2.75) is 51.2 Å². The Bertz CT molecular complexity index is 499. The summed E-state index contributed by atoms with van der Waals surface area (Å²) in [5, 5.41) is 15.5. The fourth-order valence-electron chi connectivity index (χ4n) is 2.58. The van der Waals surface area contributed by atoms with Gasteiger partial charge in [0.15, 0.2) is 5.78 Å². The Kier molecular flexibility index (Phi) is 5.33. The molecule has 1 aliphatic rings. The Balaban J connectivity index is 1.90. The molecule has 0 heterocycles. The minimum atomic E-state index is -0.474. The van der Waals surface area contributed by atoms with Crippen molar-refractivity contribution in [2.24, 2.45) is 0 Å². The summed E-state index contributed by atoms with van der Waals surface area (Å²) in [6.45, 7) is 1.50. The third-order valence-electron chi connectivity index (χ3n) is 3.85. The van der Waals surface area contributed by atoms with Crippen LogP contribution in [0.4, 0.5) is 10.5 Å². The average molecular weight is 290 g/mol. The van der Waals surface area contributed by atoms with Crippen LogP contribution in [-0.2, 0) is 0 Å². The van der Waals surface area contributed by atoms with Crippen molar-refractivity contribution >= 4 is 17.5 Å². The van der Waals surface area contributed by atoms with Crippen LogP contribution in [0.2, 0.25) is 0 Å². The summed E-state index contributed by atoms with van der Waals surface area (Å²) >= 11 is 0. The number of urea groups is 1. The quantitative estimate of drug-likeness (QED) is 0.591. The summed E-state index contributed by atoms with van der Waals surface area (Å²) in [6.07, 6.45) is 4.20. The molecule has 0 radical (unpaired) electrons. The number of hydrogen-bond acceptors (Lipinski definition) is 3. The van der Waals surface area contributed by atoms with Crippen molar-refractivity contribution in [1.82, 2.24) is 5.32 Å². The minimum Gasteiger partial charge on any atom is -0.391 e. The molecule has 21 heavy (non-hydrogen) atoms. The summed E-state index contributed by atoms with van der Waals surface area (Å²) in [5.74, 6) is -0.00687. The van der Waals surface area contributed by atoms with Crippen LogP contribution in [0, 0.1) is 0 Å². The van der Waals surface area contributed by atoms with E-state index in [1.54, 1.807) is 24.3 Å². The molecule has 1 fully saturated rings. The van der Waals surface area contributed by atoms with Gasteiger partial charge in [0.05, 0.1) is 12.1 Å². The molecule has 2 rings (SSSR count). The van der Waals surface area contributed by atoms with Gasteiger partial charge >= 0.3 is 6.03 Å². The zero-order valence-corrected chi connectivity index (χ0v) is 12.3. The molecule has 0 bridgehead atoms. The summed E-state index contributed by atoms with van der Waals surface area (Å²) in [5.41, 5.74) is 1.24. The van der Waals surface area contributed by atoms with Crippen LogP contribution in [0.1, 0.15) is 49.4 Å². The second-order valence-corrected chi connectivity index (χ2v) is 5.54. The first kappa shape index (κ1) is 15.5. The zero-order valence-electron chi connectivity index (χ0n) is 12.3. The number of anilines is 1. The molecule has 1 saturated carbocycles. The second kappa shape index (κ2) is 7.22. The predicted molar refractivity (Wildman–Crippen MR) is 81.5 cm³/mol. The maximum atomic E-state index is 12.0. The molecule has 2 unspecified atom stereocenters. The predicted octanol–water partition coefficient (Wildman–Crippen LogP) is 2.70. The van der Waals surface area contributed by atoms with Crippen molar-refractivity contribution in [2.75, 3.05) is 5.32 Å². The van der Waals surface area contributed by atoms with E-state index in [1.165, 1.54) is 6.92 Å². The summed E-state index contributed by atoms with van der Waals surface area (Å²) in [7, 11) is 0. The highest BCUT2D eigenvalue weighted by molar-refractivity contribution is 5.95. The van der Waals surface area contributed by atoms with Gasteiger partial charge in [-0.1, -0.05) is 19.3 Å². The number of aliphatic hydroxyl groups excluding tert-OH is 1. The Labute approximate surface area is 124 Å². The maximum absolute atomic E-state index is 12.0. The van der Waals surface area contributed by atoms with Crippen LogP contribution in [0.15, 0.2) is 24.3 Å². The van der Waals surface area contributed by atoms with E-state index in [9.17, 15) is 14.7 Å². The summed E-state index contributed by atoms with van der Waals surface area (Å²) < 4.78 is 0. The fourth-order valence-corrected chi connectivity index (χ4v) is 2.58.